The predicted molar refractivity (Wildman–Crippen MR) is 70.9 cm³/mol. The van der Waals surface area contributed by atoms with E-state index in [0.717, 1.165) is 12.1 Å². The highest BCUT2D eigenvalue weighted by molar-refractivity contribution is 7.92. The first-order chi connectivity index (χ1) is 10.6. The normalized spacial score (nSPS) is 12.4. The monoisotopic (exact) mass is 353 g/mol. The zero-order valence-electron chi connectivity index (χ0n) is 11.7. The minimum Gasteiger partial charge on any atom is -0.383 e. The van der Waals surface area contributed by atoms with Gasteiger partial charge in [-0.3, -0.25) is 0 Å². The molecule has 0 aliphatic heterocycles. The van der Waals surface area contributed by atoms with E-state index in [0.29, 0.717) is 11.9 Å². The molecule has 0 unspecified atom stereocenters. The summed E-state index contributed by atoms with van der Waals surface area (Å²) in [7, 11) is -5.67. The first-order valence-corrected chi connectivity index (χ1v) is 7.73. The summed E-state index contributed by atoms with van der Waals surface area (Å²) in [5.41, 5.74) is -5.89. The van der Waals surface area contributed by atoms with Gasteiger partial charge in [-0.1, -0.05) is 5.16 Å². The van der Waals surface area contributed by atoms with Gasteiger partial charge in [0.2, 0.25) is 5.89 Å². The highest BCUT2D eigenvalue weighted by atomic mass is 32.2. The maximum absolute atomic E-state index is 13.2. The molecule has 0 aliphatic rings. The Labute approximate surface area is 128 Å². The molecule has 1 aromatic carbocycles. The number of nitrogens with zero attached hydrogens (tertiary/aromatic N) is 2. The van der Waals surface area contributed by atoms with E-state index in [1.165, 1.54) is 0 Å². The average Bonchev–Trinajstić information content (AvgIpc) is 2.84. The van der Waals surface area contributed by atoms with Crippen molar-refractivity contribution in [3.63, 3.8) is 0 Å². The topological polar surface area (TPSA) is 85.1 Å². The van der Waals surface area contributed by atoms with E-state index in [1.807, 2.05) is 0 Å². The molecule has 2 aromatic rings. The second-order valence-electron chi connectivity index (χ2n) is 4.50. The SMILES string of the molecule is Cc1noc(CCNc2ccc(F)cc2S(=O)(=O)C(F)(F)F)n1. The molecule has 0 spiro atoms. The molecule has 0 aliphatic carbocycles. The summed E-state index contributed by atoms with van der Waals surface area (Å²) in [6.07, 6.45) is 0.156. The van der Waals surface area contributed by atoms with E-state index in [1.54, 1.807) is 6.92 Å². The van der Waals surface area contributed by atoms with Crippen molar-refractivity contribution in [3.05, 3.63) is 35.7 Å². The molecule has 0 saturated heterocycles. The maximum atomic E-state index is 13.2. The number of benzene rings is 1. The third-order valence-corrected chi connectivity index (χ3v) is 4.29. The number of hydrogen-bond donors (Lipinski definition) is 1. The van der Waals surface area contributed by atoms with E-state index in [9.17, 15) is 26.0 Å². The molecule has 0 atom stereocenters. The van der Waals surface area contributed by atoms with Crippen LogP contribution in [0, 0.1) is 12.7 Å². The first kappa shape index (κ1) is 17.2. The van der Waals surface area contributed by atoms with Gasteiger partial charge < -0.3 is 9.84 Å². The number of aryl methyl sites for hydroxylation is 1. The summed E-state index contributed by atoms with van der Waals surface area (Å²) in [6.45, 7) is 1.61. The molecule has 1 aromatic heterocycles. The Morgan fingerprint density at radius 3 is 2.57 bits per heavy atom. The van der Waals surface area contributed by atoms with Crippen LogP contribution >= 0.6 is 0 Å². The van der Waals surface area contributed by atoms with Gasteiger partial charge in [0.15, 0.2) is 5.82 Å². The van der Waals surface area contributed by atoms with Crippen molar-refractivity contribution in [3.8, 4) is 0 Å². The number of halogens is 4. The summed E-state index contributed by atoms with van der Waals surface area (Å²) in [6, 6.07) is 2.10. The quantitative estimate of drug-likeness (QED) is 0.831. The summed E-state index contributed by atoms with van der Waals surface area (Å²) in [5.74, 6) is -0.467. The lowest BCUT2D eigenvalue weighted by molar-refractivity contribution is -0.0435. The minimum absolute atomic E-state index is 0.0215. The first-order valence-electron chi connectivity index (χ1n) is 6.25. The second kappa shape index (κ2) is 6.14. The fraction of sp³-hybridized carbons (Fsp3) is 0.333. The minimum atomic E-state index is -5.67. The van der Waals surface area contributed by atoms with Gasteiger partial charge in [0, 0.05) is 13.0 Å². The zero-order chi connectivity index (χ0) is 17.3. The summed E-state index contributed by atoms with van der Waals surface area (Å²) in [5, 5.41) is 6.04. The molecule has 2 rings (SSSR count). The molecule has 23 heavy (non-hydrogen) atoms. The van der Waals surface area contributed by atoms with Gasteiger partial charge in [0.25, 0.3) is 9.84 Å². The Balaban J connectivity index is 2.22. The molecule has 0 bridgehead atoms. The van der Waals surface area contributed by atoms with Crippen molar-refractivity contribution in [2.75, 3.05) is 11.9 Å². The van der Waals surface area contributed by atoms with Crippen LogP contribution < -0.4 is 5.32 Å². The Morgan fingerprint density at radius 1 is 1.30 bits per heavy atom. The highest BCUT2D eigenvalue weighted by Crippen LogP contribution is 2.34. The number of nitrogens with one attached hydrogen (secondary N) is 1. The fourth-order valence-electron chi connectivity index (χ4n) is 1.73. The summed E-state index contributed by atoms with van der Waals surface area (Å²) < 4.78 is 78.9. The highest BCUT2D eigenvalue weighted by Gasteiger charge is 2.48. The molecule has 1 N–H and O–H groups in total. The Hall–Kier alpha value is -2.17. The van der Waals surface area contributed by atoms with E-state index >= 15 is 0 Å². The van der Waals surface area contributed by atoms with Crippen LogP contribution in [0.4, 0.5) is 23.2 Å². The van der Waals surface area contributed by atoms with Gasteiger partial charge in [0.05, 0.1) is 5.69 Å². The number of rotatable bonds is 5. The summed E-state index contributed by atoms with van der Waals surface area (Å²) in [4.78, 5) is 2.72. The van der Waals surface area contributed by atoms with Crippen LogP contribution in [0.5, 0.6) is 0 Å². The Morgan fingerprint density at radius 2 is 2.00 bits per heavy atom. The predicted octanol–water partition coefficient (Wildman–Crippen LogP) is 2.47. The fourth-order valence-corrected chi connectivity index (χ4v) is 2.68. The molecule has 1 heterocycles. The maximum Gasteiger partial charge on any atom is 0.501 e. The molecule has 126 valence electrons. The van der Waals surface area contributed by atoms with Crippen molar-refractivity contribution in [1.82, 2.24) is 10.1 Å². The third kappa shape index (κ3) is 3.78. The lowest BCUT2D eigenvalue weighted by Gasteiger charge is -2.14. The molecule has 0 saturated carbocycles. The molecule has 6 nitrogen and oxygen atoms in total. The molecule has 0 fully saturated rings. The summed E-state index contributed by atoms with van der Waals surface area (Å²) >= 11 is 0. The zero-order valence-corrected chi connectivity index (χ0v) is 12.5. The lowest BCUT2D eigenvalue weighted by atomic mass is 10.3. The van der Waals surface area contributed by atoms with Gasteiger partial charge in [0.1, 0.15) is 10.7 Å². The largest absolute Gasteiger partial charge is 0.501 e. The van der Waals surface area contributed by atoms with Crippen LogP contribution in [-0.2, 0) is 16.3 Å². The van der Waals surface area contributed by atoms with Crippen LogP contribution in [-0.4, -0.2) is 30.6 Å². The number of aromatic nitrogens is 2. The standard InChI is InChI=1S/C12H11F4N3O3S/c1-7-18-11(22-19-7)4-5-17-9-3-2-8(13)6-10(9)23(20,21)12(14,15)16/h2-3,6,17H,4-5H2,1H3. The number of sulfone groups is 1. The van der Waals surface area contributed by atoms with Gasteiger partial charge >= 0.3 is 5.51 Å². The van der Waals surface area contributed by atoms with Crippen LogP contribution in [0.3, 0.4) is 0 Å². The van der Waals surface area contributed by atoms with E-state index in [4.69, 9.17) is 4.52 Å². The van der Waals surface area contributed by atoms with E-state index in [-0.39, 0.29) is 24.5 Å². The van der Waals surface area contributed by atoms with Crippen LogP contribution in [0.1, 0.15) is 11.7 Å². The van der Waals surface area contributed by atoms with Gasteiger partial charge in [-0.25, -0.2) is 12.8 Å². The van der Waals surface area contributed by atoms with E-state index < -0.39 is 26.1 Å². The molecular weight excluding hydrogens is 342 g/mol. The molecule has 0 radical (unpaired) electrons. The van der Waals surface area contributed by atoms with Crippen LogP contribution in [0.15, 0.2) is 27.6 Å². The Kier molecular flexibility index (Phi) is 4.59. The average molecular weight is 353 g/mol. The smallest absolute Gasteiger partial charge is 0.383 e. The molecule has 0 amide bonds. The second-order valence-corrected chi connectivity index (χ2v) is 6.41. The van der Waals surface area contributed by atoms with Crippen LogP contribution in [0.2, 0.25) is 0 Å². The number of anilines is 1. The number of alkyl halides is 3. The van der Waals surface area contributed by atoms with Crippen LogP contribution in [0.25, 0.3) is 0 Å². The Bertz CT molecular complexity index is 802. The van der Waals surface area contributed by atoms with E-state index in [2.05, 4.69) is 15.5 Å². The van der Waals surface area contributed by atoms with Crippen molar-refractivity contribution in [1.29, 1.82) is 0 Å². The number of hydrogen-bond acceptors (Lipinski definition) is 6. The lowest BCUT2D eigenvalue weighted by Crippen LogP contribution is -2.24. The molecule has 11 heteroatoms. The van der Waals surface area contributed by atoms with Gasteiger partial charge in [-0.2, -0.15) is 18.2 Å². The van der Waals surface area contributed by atoms with Gasteiger partial charge in [-0.15, -0.1) is 0 Å². The third-order valence-electron chi connectivity index (χ3n) is 2.76. The van der Waals surface area contributed by atoms with Crippen molar-refractivity contribution >= 4 is 15.5 Å². The van der Waals surface area contributed by atoms with Gasteiger partial charge in [-0.05, 0) is 25.1 Å². The van der Waals surface area contributed by atoms with Crippen molar-refractivity contribution < 1.29 is 30.5 Å². The molecular formula is C12H11F4N3O3S. The van der Waals surface area contributed by atoms with Crippen molar-refractivity contribution in [2.24, 2.45) is 0 Å². The van der Waals surface area contributed by atoms with Crippen molar-refractivity contribution in [2.45, 2.75) is 23.7 Å².